The van der Waals surface area contributed by atoms with Gasteiger partial charge in [0.15, 0.2) is 10.8 Å². The molecule has 1 atom stereocenters. The summed E-state index contributed by atoms with van der Waals surface area (Å²) in [6, 6.07) is -0.158. The lowest BCUT2D eigenvalue weighted by atomic mass is 10.1. The van der Waals surface area contributed by atoms with Crippen molar-refractivity contribution < 1.29 is 4.79 Å². The highest BCUT2D eigenvalue weighted by molar-refractivity contribution is 7.13. The monoisotopic (exact) mass is 262 g/mol. The van der Waals surface area contributed by atoms with Crippen molar-refractivity contribution in [3.8, 4) is 10.8 Å². The van der Waals surface area contributed by atoms with E-state index >= 15 is 0 Å². The molecule has 1 aliphatic heterocycles. The second-order valence-corrected chi connectivity index (χ2v) is 5.19. The Labute approximate surface area is 109 Å². The quantitative estimate of drug-likeness (QED) is 0.898. The van der Waals surface area contributed by atoms with Crippen LogP contribution in [0.2, 0.25) is 0 Å². The molecule has 3 rings (SSSR count). The summed E-state index contributed by atoms with van der Waals surface area (Å²) in [6.07, 6.45) is 8.32. The minimum atomic E-state index is -0.158. The lowest BCUT2D eigenvalue weighted by Gasteiger charge is -2.16. The van der Waals surface area contributed by atoms with Crippen LogP contribution in [-0.4, -0.2) is 27.0 Å². The SMILES string of the molecule is O=C1NCCCC[C@@H]1n1ccnc1-c1nccs1. The van der Waals surface area contributed by atoms with Gasteiger partial charge in [0.05, 0.1) is 0 Å². The van der Waals surface area contributed by atoms with Crippen LogP contribution in [0.5, 0.6) is 0 Å². The van der Waals surface area contributed by atoms with Crippen LogP contribution >= 0.6 is 11.3 Å². The number of hydrogen-bond donors (Lipinski definition) is 1. The highest BCUT2D eigenvalue weighted by atomic mass is 32.1. The van der Waals surface area contributed by atoms with Crippen molar-refractivity contribution in [1.29, 1.82) is 0 Å². The third kappa shape index (κ3) is 2.03. The van der Waals surface area contributed by atoms with Gasteiger partial charge in [0.1, 0.15) is 6.04 Å². The number of hydrogen-bond acceptors (Lipinski definition) is 4. The Hall–Kier alpha value is -1.69. The number of thiazole rings is 1. The topological polar surface area (TPSA) is 59.8 Å². The molecule has 2 aromatic rings. The Morgan fingerprint density at radius 3 is 3.11 bits per heavy atom. The largest absolute Gasteiger partial charge is 0.354 e. The number of amides is 1. The summed E-state index contributed by atoms with van der Waals surface area (Å²) in [5.41, 5.74) is 0. The van der Waals surface area contributed by atoms with Gasteiger partial charge < -0.3 is 9.88 Å². The first kappa shape index (κ1) is 11.4. The number of carbonyl (C=O) groups excluding carboxylic acids is 1. The molecule has 0 bridgehead atoms. The van der Waals surface area contributed by atoms with Crippen LogP contribution in [0.15, 0.2) is 24.0 Å². The Morgan fingerprint density at radius 2 is 2.28 bits per heavy atom. The lowest BCUT2D eigenvalue weighted by molar-refractivity contribution is -0.124. The van der Waals surface area contributed by atoms with E-state index in [1.807, 2.05) is 16.1 Å². The van der Waals surface area contributed by atoms with Gasteiger partial charge in [0.2, 0.25) is 5.91 Å². The zero-order chi connectivity index (χ0) is 12.4. The van der Waals surface area contributed by atoms with Crippen molar-refractivity contribution in [2.75, 3.05) is 6.54 Å². The fraction of sp³-hybridized carbons (Fsp3) is 0.417. The highest BCUT2D eigenvalue weighted by Gasteiger charge is 2.25. The molecule has 2 aromatic heterocycles. The molecule has 0 saturated carbocycles. The second kappa shape index (κ2) is 4.89. The summed E-state index contributed by atoms with van der Waals surface area (Å²) in [4.78, 5) is 20.7. The first-order valence-corrected chi connectivity index (χ1v) is 6.94. The van der Waals surface area contributed by atoms with E-state index in [9.17, 15) is 4.79 Å². The van der Waals surface area contributed by atoms with Crippen molar-refractivity contribution >= 4 is 17.2 Å². The first-order chi connectivity index (χ1) is 8.86. The average molecular weight is 262 g/mol. The average Bonchev–Trinajstić information content (AvgIpc) is 3.00. The Morgan fingerprint density at radius 1 is 1.33 bits per heavy atom. The maximum absolute atomic E-state index is 12.1. The standard InChI is InChI=1S/C12H14N4OS/c17-11-9(3-1-2-4-14-11)16-7-5-13-10(16)12-15-6-8-18-12/h5-9H,1-4H2,(H,14,17)/t9-/m0/s1. The van der Waals surface area contributed by atoms with Gasteiger partial charge in [0, 0.05) is 30.5 Å². The fourth-order valence-electron chi connectivity index (χ4n) is 2.25. The number of carbonyl (C=O) groups is 1. The summed E-state index contributed by atoms with van der Waals surface area (Å²) in [7, 11) is 0. The molecule has 1 amide bonds. The Bertz CT molecular complexity index is 534. The van der Waals surface area contributed by atoms with Crippen molar-refractivity contribution in [2.45, 2.75) is 25.3 Å². The Balaban J connectivity index is 1.96. The minimum Gasteiger partial charge on any atom is -0.354 e. The number of rotatable bonds is 2. The van der Waals surface area contributed by atoms with E-state index in [0.717, 1.165) is 36.6 Å². The van der Waals surface area contributed by atoms with Gasteiger partial charge >= 0.3 is 0 Å². The molecular formula is C12H14N4OS. The minimum absolute atomic E-state index is 0.0864. The van der Waals surface area contributed by atoms with Gasteiger partial charge in [-0.15, -0.1) is 11.3 Å². The molecule has 0 radical (unpaired) electrons. The van der Waals surface area contributed by atoms with E-state index < -0.39 is 0 Å². The summed E-state index contributed by atoms with van der Waals surface area (Å²) in [5.74, 6) is 0.871. The summed E-state index contributed by atoms with van der Waals surface area (Å²) in [5, 5.41) is 5.73. The van der Waals surface area contributed by atoms with Crippen LogP contribution in [0.1, 0.15) is 25.3 Å². The third-order valence-electron chi connectivity index (χ3n) is 3.13. The molecule has 94 valence electrons. The number of aromatic nitrogens is 3. The number of imidazole rings is 1. The zero-order valence-corrected chi connectivity index (χ0v) is 10.7. The van der Waals surface area contributed by atoms with E-state index in [2.05, 4.69) is 15.3 Å². The lowest BCUT2D eigenvalue weighted by Crippen LogP contribution is -2.30. The van der Waals surface area contributed by atoms with Crippen molar-refractivity contribution in [3.63, 3.8) is 0 Å². The molecule has 6 heteroatoms. The molecule has 0 unspecified atom stereocenters. The van der Waals surface area contributed by atoms with E-state index in [1.165, 1.54) is 11.3 Å². The molecule has 1 saturated heterocycles. The summed E-state index contributed by atoms with van der Waals surface area (Å²) in [6.45, 7) is 0.774. The highest BCUT2D eigenvalue weighted by Crippen LogP contribution is 2.26. The molecule has 0 spiro atoms. The molecule has 18 heavy (non-hydrogen) atoms. The van der Waals surface area contributed by atoms with E-state index in [0.29, 0.717) is 0 Å². The molecule has 3 heterocycles. The van der Waals surface area contributed by atoms with E-state index in [4.69, 9.17) is 0 Å². The first-order valence-electron chi connectivity index (χ1n) is 6.06. The number of nitrogens with zero attached hydrogens (tertiary/aromatic N) is 3. The molecule has 5 nitrogen and oxygen atoms in total. The van der Waals surface area contributed by atoms with Gasteiger partial charge in [-0.1, -0.05) is 0 Å². The van der Waals surface area contributed by atoms with Crippen LogP contribution in [0.3, 0.4) is 0 Å². The van der Waals surface area contributed by atoms with Crippen molar-refractivity contribution in [1.82, 2.24) is 19.9 Å². The smallest absolute Gasteiger partial charge is 0.243 e. The van der Waals surface area contributed by atoms with E-state index in [-0.39, 0.29) is 11.9 Å². The van der Waals surface area contributed by atoms with E-state index in [1.54, 1.807) is 12.4 Å². The molecule has 0 aliphatic carbocycles. The fourth-order valence-corrected chi connectivity index (χ4v) is 2.89. The maximum atomic E-state index is 12.1. The zero-order valence-electron chi connectivity index (χ0n) is 9.87. The molecule has 0 aromatic carbocycles. The predicted molar refractivity (Wildman–Crippen MR) is 69.2 cm³/mol. The van der Waals surface area contributed by atoms with Crippen LogP contribution in [0.25, 0.3) is 10.8 Å². The van der Waals surface area contributed by atoms with Gasteiger partial charge in [0.25, 0.3) is 0 Å². The van der Waals surface area contributed by atoms with Gasteiger partial charge in [-0.05, 0) is 19.3 Å². The summed E-state index contributed by atoms with van der Waals surface area (Å²) >= 11 is 1.54. The number of nitrogens with one attached hydrogen (secondary N) is 1. The van der Waals surface area contributed by atoms with Crippen molar-refractivity contribution in [2.24, 2.45) is 0 Å². The molecule has 1 fully saturated rings. The predicted octanol–water partition coefficient (Wildman–Crippen LogP) is 1.85. The van der Waals surface area contributed by atoms with Crippen molar-refractivity contribution in [3.05, 3.63) is 24.0 Å². The van der Waals surface area contributed by atoms with Gasteiger partial charge in [-0.25, -0.2) is 9.97 Å². The molecule has 1 aliphatic rings. The van der Waals surface area contributed by atoms with Gasteiger partial charge in [-0.3, -0.25) is 4.79 Å². The van der Waals surface area contributed by atoms with Crippen LogP contribution in [-0.2, 0) is 4.79 Å². The Kier molecular flexibility index (Phi) is 3.10. The van der Waals surface area contributed by atoms with Gasteiger partial charge in [-0.2, -0.15) is 0 Å². The van der Waals surface area contributed by atoms with Crippen LogP contribution in [0.4, 0.5) is 0 Å². The normalized spacial score (nSPS) is 20.4. The summed E-state index contributed by atoms with van der Waals surface area (Å²) < 4.78 is 1.94. The van der Waals surface area contributed by atoms with Crippen LogP contribution in [0, 0.1) is 0 Å². The molecular weight excluding hydrogens is 248 g/mol. The molecule has 1 N–H and O–H groups in total. The van der Waals surface area contributed by atoms with Crippen LogP contribution < -0.4 is 5.32 Å². The second-order valence-electron chi connectivity index (χ2n) is 4.30. The third-order valence-corrected chi connectivity index (χ3v) is 3.90. The maximum Gasteiger partial charge on any atom is 0.243 e.